The fourth-order valence-electron chi connectivity index (χ4n) is 0. The normalized spacial score (nSPS) is 0. The van der Waals surface area contributed by atoms with Crippen molar-refractivity contribution in [2.75, 3.05) is 0 Å². The summed E-state index contributed by atoms with van der Waals surface area (Å²) in [6.07, 6.45) is 0. The van der Waals surface area contributed by atoms with Crippen molar-refractivity contribution in [3.63, 3.8) is 0 Å². The molecule has 0 heterocycles. The molecule has 6 heavy (non-hydrogen) atoms. The second kappa shape index (κ2) is 35.9. The van der Waals surface area contributed by atoms with Crippen molar-refractivity contribution >= 4 is 27.3 Å². The van der Waals surface area contributed by atoms with Gasteiger partial charge in [0.2, 0.25) is 0 Å². The molecule has 0 saturated carbocycles. The van der Waals surface area contributed by atoms with Gasteiger partial charge < -0.3 is 0 Å². The molecular weight excluding hydrogens is 551 g/mol. The molecule has 0 unspecified atom stereocenters. The zero-order chi connectivity index (χ0) is 0. The Labute approximate surface area is 122 Å². The van der Waals surface area contributed by atoms with E-state index >= 15 is 0 Å². The van der Waals surface area contributed by atoms with Crippen LogP contribution in [-0.2, 0) is 97.7 Å². The summed E-state index contributed by atoms with van der Waals surface area (Å²) in [4.78, 5) is 0. The number of rotatable bonds is 0. The third-order valence-electron chi connectivity index (χ3n) is 0. The summed E-state index contributed by atoms with van der Waals surface area (Å²) in [6, 6.07) is 0. The van der Waals surface area contributed by atoms with Crippen LogP contribution in [0.1, 0.15) is 0 Å². The van der Waals surface area contributed by atoms with Crippen LogP contribution < -0.4 is 0 Å². The van der Waals surface area contributed by atoms with Gasteiger partial charge in [0.25, 0.3) is 0 Å². The molecule has 0 aliphatic heterocycles. The minimum Gasteiger partial charge on any atom is 0 e. The topological polar surface area (TPSA) is 0 Å². The Kier molecular flexibility index (Phi) is 303. The minimum atomic E-state index is 0. The maximum absolute atomic E-state index is 0. The second-order valence-corrected chi connectivity index (χ2v) is 0. The zero-order valence-electron chi connectivity index (χ0n) is 3.22. The molecule has 0 rings (SSSR count). The van der Waals surface area contributed by atoms with Crippen LogP contribution in [0.2, 0.25) is 0 Å². The quantitative estimate of drug-likeness (QED) is 0.341. The second-order valence-electron chi connectivity index (χ2n) is 0. The molecule has 0 aromatic carbocycles. The van der Waals surface area contributed by atoms with E-state index in [0.717, 1.165) is 0 Å². The molecule has 0 bridgehead atoms. The van der Waals surface area contributed by atoms with Gasteiger partial charge in [-0.25, -0.2) is 0 Å². The minimum absolute atomic E-state index is 0. The smallest absolute Gasteiger partial charge is 0 e. The van der Waals surface area contributed by atoms with Crippen molar-refractivity contribution in [3.8, 4) is 0 Å². The Morgan fingerprint density at radius 2 is 1.00 bits per heavy atom. The molecule has 33 valence electrons. The molecule has 0 aliphatic carbocycles. The summed E-state index contributed by atoms with van der Waals surface area (Å²) in [7, 11) is 0. The summed E-state index contributed by atoms with van der Waals surface area (Å²) in [5.41, 5.74) is 0. The standard InChI is InChI=1S/Cd.Cr.Mn.Ni.Pb.Zn.2H. The molecule has 3 radical (unpaired) electrons. The van der Waals surface area contributed by atoms with Crippen molar-refractivity contribution < 1.29 is 97.7 Å². The van der Waals surface area contributed by atoms with E-state index in [1.165, 1.54) is 0 Å². The van der Waals surface area contributed by atoms with Crippen LogP contribution in [0, 0.1) is 0 Å². The Morgan fingerprint density at radius 1 is 1.00 bits per heavy atom. The van der Waals surface area contributed by atoms with E-state index in [2.05, 4.69) is 0 Å². The van der Waals surface area contributed by atoms with Crippen LogP contribution in [-0.4, -0.2) is 27.3 Å². The fraction of sp³-hybridized carbons (Fsp3) is 0. The third-order valence-corrected chi connectivity index (χ3v) is 0. The van der Waals surface area contributed by atoms with Crippen LogP contribution >= 0.6 is 0 Å². The van der Waals surface area contributed by atoms with Gasteiger partial charge >= 0.3 is 27.3 Å². The molecule has 0 amide bonds. The van der Waals surface area contributed by atoms with Gasteiger partial charge in [0.1, 0.15) is 0 Å². The third kappa shape index (κ3) is 24.5. The average Bonchev–Trinajstić information content (AvgIpc) is 0. The number of hydrogen-bond donors (Lipinski definition) is 0. The summed E-state index contributed by atoms with van der Waals surface area (Å²) in [6.45, 7) is 0. The zero-order valence-corrected chi connectivity index (χ0v) is 19.2. The SMILES string of the molecule is [Cd].[Cr].[Mn].[Ni].[PbH2].[Zn]. The van der Waals surface area contributed by atoms with Gasteiger partial charge in [-0.1, -0.05) is 0 Å². The Bertz CT molecular complexity index is 15.5. The van der Waals surface area contributed by atoms with Gasteiger partial charge in [-0.2, -0.15) is 0 Å². The van der Waals surface area contributed by atoms with Gasteiger partial charge in [0.05, 0.1) is 0 Å². The molecule has 0 aliphatic rings. The van der Waals surface area contributed by atoms with E-state index in [4.69, 9.17) is 0 Å². The van der Waals surface area contributed by atoms with Gasteiger partial charge in [0, 0.05) is 97.7 Å². The van der Waals surface area contributed by atoms with Gasteiger partial charge in [-0.05, 0) is 0 Å². The summed E-state index contributed by atoms with van der Waals surface area (Å²) in [5, 5.41) is 0. The predicted molar refractivity (Wildman–Crippen MR) is 8.54 cm³/mol. The van der Waals surface area contributed by atoms with E-state index < -0.39 is 0 Å². The van der Waals surface area contributed by atoms with Crippen molar-refractivity contribution in [2.45, 2.75) is 0 Å². The van der Waals surface area contributed by atoms with E-state index in [1.54, 1.807) is 0 Å². The average molecular weight is 553 g/mol. The van der Waals surface area contributed by atoms with Crippen molar-refractivity contribution in [3.05, 3.63) is 0 Å². The first kappa shape index (κ1) is 50.5. The van der Waals surface area contributed by atoms with Crippen molar-refractivity contribution in [2.24, 2.45) is 0 Å². The Balaban J connectivity index is 0. The molecule has 6 heteroatoms. The van der Waals surface area contributed by atoms with Crippen LogP contribution in [0.15, 0.2) is 0 Å². The van der Waals surface area contributed by atoms with Crippen LogP contribution in [0.5, 0.6) is 0 Å². The summed E-state index contributed by atoms with van der Waals surface area (Å²) in [5.74, 6) is 0. The summed E-state index contributed by atoms with van der Waals surface area (Å²) < 4.78 is 0. The summed E-state index contributed by atoms with van der Waals surface area (Å²) >= 11 is 0. The van der Waals surface area contributed by atoms with E-state index in [9.17, 15) is 0 Å². The van der Waals surface area contributed by atoms with Crippen LogP contribution in [0.25, 0.3) is 0 Å². The predicted octanol–water partition coefficient (Wildman–Crippen LogP) is -0.929. The van der Waals surface area contributed by atoms with E-state index in [-0.39, 0.29) is 125 Å². The molecule has 0 spiro atoms. The maximum atomic E-state index is 0. The first-order valence-electron chi connectivity index (χ1n) is 0. The van der Waals surface area contributed by atoms with Gasteiger partial charge in [-0.15, -0.1) is 0 Å². The Morgan fingerprint density at radius 3 is 1.00 bits per heavy atom. The maximum Gasteiger partial charge on any atom is 0 e. The number of hydrogen-bond acceptors (Lipinski definition) is 0. The van der Waals surface area contributed by atoms with E-state index in [0.29, 0.717) is 0 Å². The van der Waals surface area contributed by atoms with Crippen molar-refractivity contribution in [1.82, 2.24) is 0 Å². The van der Waals surface area contributed by atoms with Crippen LogP contribution in [0.3, 0.4) is 0 Å². The largest absolute Gasteiger partial charge is 0 e. The fourth-order valence-corrected chi connectivity index (χ4v) is 0. The molecule has 0 aromatic heterocycles. The first-order chi connectivity index (χ1) is 0. The van der Waals surface area contributed by atoms with Crippen LogP contribution in [0.4, 0.5) is 0 Å². The van der Waals surface area contributed by atoms with Gasteiger partial charge in [-0.3, -0.25) is 0 Å². The molecule has 0 N–H and O–H groups in total. The molecule has 0 atom stereocenters. The molecule has 0 aromatic rings. The molecule has 0 fully saturated rings. The van der Waals surface area contributed by atoms with E-state index in [1.807, 2.05) is 0 Å². The molecule has 0 nitrogen and oxygen atoms in total. The van der Waals surface area contributed by atoms with Crippen molar-refractivity contribution in [1.29, 1.82) is 0 Å². The first-order valence-corrected chi connectivity index (χ1v) is 0. The Hall–Kier alpha value is 4.01. The van der Waals surface area contributed by atoms with Gasteiger partial charge in [0.15, 0.2) is 0 Å². The monoisotopic (exact) mass is 553 g/mol. The molecule has 0 saturated heterocycles. The molecular formula is H2CdCrMnNiPbZn.